The number of carbonyl (C=O) groups is 2. The van der Waals surface area contributed by atoms with E-state index >= 15 is 0 Å². The van der Waals surface area contributed by atoms with Crippen molar-refractivity contribution in [2.24, 2.45) is 41.4 Å². The molecule has 0 aliphatic heterocycles. The van der Waals surface area contributed by atoms with Gasteiger partial charge in [0.05, 0.1) is 5.92 Å². The van der Waals surface area contributed by atoms with E-state index in [1.54, 1.807) is 0 Å². The number of fused-ring (bicyclic) bond motifs is 9. The van der Waals surface area contributed by atoms with Crippen LogP contribution in [0.3, 0.4) is 0 Å². The molecule has 0 radical (unpaired) electrons. The van der Waals surface area contributed by atoms with Gasteiger partial charge in [0.25, 0.3) is 0 Å². The molecule has 8 unspecified atom stereocenters. The Morgan fingerprint density at radius 3 is 2.37 bits per heavy atom. The minimum absolute atomic E-state index is 0.0616. The van der Waals surface area contributed by atoms with E-state index in [0.29, 0.717) is 30.1 Å². The van der Waals surface area contributed by atoms with E-state index in [1.807, 2.05) is 6.92 Å². The van der Waals surface area contributed by atoms with Gasteiger partial charge in [-0.1, -0.05) is 13.3 Å². The highest BCUT2D eigenvalue weighted by atomic mass is 16.6. The molecule has 4 nitrogen and oxygen atoms in total. The van der Waals surface area contributed by atoms with Crippen molar-refractivity contribution in [1.29, 1.82) is 0 Å². The SMILES string of the molecule is CCC(=O)OC1CC2CC1C1C3CC(CC3C(=O)OC3(C)CCCCC3)C21. The van der Waals surface area contributed by atoms with Crippen molar-refractivity contribution in [2.75, 3.05) is 0 Å². The molecule has 0 amide bonds. The first-order chi connectivity index (χ1) is 13.0. The molecule has 5 aliphatic rings. The highest BCUT2D eigenvalue weighted by molar-refractivity contribution is 5.74. The van der Waals surface area contributed by atoms with Crippen molar-refractivity contribution in [1.82, 2.24) is 0 Å². The van der Waals surface area contributed by atoms with Gasteiger partial charge in [-0.3, -0.25) is 9.59 Å². The number of rotatable bonds is 4. The second-order valence-electron chi connectivity index (χ2n) is 10.4. The van der Waals surface area contributed by atoms with Crippen LogP contribution in [-0.4, -0.2) is 23.6 Å². The molecule has 4 bridgehead atoms. The molecule has 5 rings (SSSR count). The lowest BCUT2D eigenvalue weighted by atomic mass is 9.66. The fraction of sp³-hybridized carbons (Fsp3) is 0.913. The number of carbonyl (C=O) groups excluding carboxylic acids is 2. The Balaban J connectivity index is 1.28. The van der Waals surface area contributed by atoms with E-state index in [0.717, 1.165) is 37.5 Å². The number of esters is 2. The van der Waals surface area contributed by atoms with E-state index in [1.165, 1.54) is 32.1 Å². The summed E-state index contributed by atoms with van der Waals surface area (Å²) in [5, 5.41) is 0. The Kier molecular flexibility index (Phi) is 4.32. The van der Waals surface area contributed by atoms with Crippen LogP contribution in [-0.2, 0) is 19.1 Å². The van der Waals surface area contributed by atoms with E-state index in [2.05, 4.69) is 6.92 Å². The van der Waals surface area contributed by atoms with Crippen LogP contribution in [0, 0.1) is 41.4 Å². The predicted molar refractivity (Wildman–Crippen MR) is 101 cm³/mol. The van der Waals surface area contributed by atoms with Crippen LogP contribution >= 0.6 is 0 Å². The number of hydrogen-bond acceptors (Lipinski definition) is 4. The molecule has 150 valence electrons. The molecule has 5 saturated carbocycles. The van der Waals surface area contributed by atoms with Crippen LogP contribution in [0.15, 0.2) is 0 Å². The first kappa shape index (κ1) is 18.0. The first-order valence-corrected chi connectivity index (χ1v) is 11.4. The summed E-state index contributed by atoms with van der Waals surface area (Å²) in [6.45, 7) is 4.01. The molecule has 0 aromatic rings. The quantitative estimate of drug-likeness (QED) is 0.537. The van der Waals surface area contributed by atoms with Gasteiger partial charge in [-0.15, -0.1) is 0 Å². The highest BCUT2D eigenvalue weighted by Crippen LogP contribution is 2.69. The van der Waals surface area contributed by atoms with Gasteiger partial charge in [0.2, 0.25) is 0 Å². The van der Waals surface area contributed by atoms with E-state index < -0.39 is 0 Å². The van der Waals surface area contributed by atoms with Crippen LogP contribution in [0.25, 0.3) is 0 Å². The van der Waals surface area contributed by atoms with Crippen molar-refractivity contribution in [3.05, 3.63) is 0 Å². The predicted octanol–water partition coefficient (Wildman–Crippen LogP) is 4.50. The topological polar surface area (TPSA) is 52.6 Å². The summed E-state index contributed by atoms with van der Waals surface area (Å²) >= 11 is 0. The van der Waals surface area contributed by atoms with Crippen molar-refractivity contribution >= 4 is 11.9 Å². The lowest BCUT2D eigenvalue weighted by molar-refractivity contribution is -0.171. The minimum atomic E-state index is -0.232. The van der Waals surface area contributed by atoms with Crippen LogP contribution < -0.4 is 0 Å². The molecule has 0 spiro atoms. The molecular weight excluding hydrogens is 340 g/mol. The molecular formula is C23H34O4. The molecule has 5 aliphatic carbocycles. The summed E-state index contributed by atoms with van der Waals surface area (Å²) in [5.74, 6) is 3.87. The standard InChI is InChI=1S/C23H34O4/c1-3-19(24)26-18-12-14-11-17(18)21-15-9-13(20(14)21)10-16(15)22(25)27-23(2)7-5-4-6-8-23/h13-18,20-21H,3-12H2,1-2H3. The van der Waals surface area contributed by atoms with E-state index in [-0.39, 0.29) is 29.6 Å². The molecule has 4 heteroatoms. The molecule has 0 heterocycles. The van der Waals surface area contributed by atoms with Crippen molar-refractivity contribution in [2.45, 2.75) is 89.8 Å². The Morgan fingerprint density at radius 1 is 0.926 bits per heavy atom. The summed E-state index contributed by atoms with van der Waals surface area (Å²) in [4.78, 5) is 24.9. The average molecular weight is 375 g/mol. The fourth-order valence-corrected chi connectivity index (χ4v) is 7.92. The smallest absolute Gasteiger partial charge is 0.309 e. The van der Waals surface area contributed by atoms with Gasteiger partial charge in [0, 0.05) is 6.42 Å². The fourth-order valence-electron chi connectivity index (χ4n) is 7.92. The second kappa shape index (κ2) is 6.49. The maximum Gasteiger partial charge on any atom is 0.309 e. The maximum absolute atomic E-state index is 13.1. The molecule has 0 aromatic carbocycles. The largest absolute Gasteiger partial charge is 0.462 e. The Hall–Kier alpha value is -1.06. The van der Waals surface area contributed by atoms with Gasteiger partial charge in [-0.2, -0.15) is 0 Å². The molecule has 0 saturated heterocycles. The van der Waals surface area contributed by atoms with Gasteiger partial charge >= 0.3 is 11.9 Å². The summed E-state index contributed by atoms with van der Waals surface area (Å²) in [6.07, 6.45) is 10.8. The number of ether oxygens (including phenoxy) is 2. The highest BCUT2D eigenvalue weighted by Gasteiger charge is 2.66. The van der Waals surface area contributed by atoms with Crippen LogP contribution in [0.4, 0.5) is 0 Å². The van der Waals surface area contributed by atoms with Gasteiger partial charge in [0.1, 0.15) is 11.7 Å². The summed E-state index contributed by atoms with van der Waals surface area (Å²) in [7, 11) is 0. The van der Waals surface area contributed by atoms with Gasteiger partial charge in [-0.25, -0.2) is 0 Å². The number of hydrogen-bond donors (Lipinski definition) is 0. The van der Waals surface area contributed by atoms with Crippen LogP contribution in [0.2, 0.25) is 0 Å². The van der Waals surface area contributed by atoms with Crippen LogP contribution in [0.5, 0.6) is 0 Å². The molecule has 27 heavy (non-hydrogen) atoms. The molecule has 0 N–H and O–H groups in total. The zero-order chi connectivity index (χ0) is 18.8. The third kappa shape index (κ3) is 2.84. The Bertz CT molecular complexity index is 622. The first-order valence-electron chi connectivity index (χ1n) is 11.4. The monoisotopic (exact) mass is 374 g/mol. The van der Waals surface area contributed by atoms with Crippen molar-refractivity contribution in [3.8, 4) is 0 Å². The third-order valence-corrected chi connectivity index (χ3v) is 8.89. The summed E-state index contributed by atoms with van der Waals surface area (Å²) < 4.78 is 11.9. The molecule has 5 fully saturated rings. The molecule has 0 aromatic heterocycles. The minimum Gasteiger partial charge on any atom is -0.462 e. The normalized spacial score (nSPS) is 46.3. The van der Waals surface area contributed by atoms with Crippen LogP contribution in [0.1, 0.15) is 78.1 Å². The van der Waals surface area contributed by atoms with Gasteiger partial charge < -0.3 is 9.47 Å². The maximum atomic E-state index is 13.1. The third-order valence-electron chi connectivity index (χ3n) is 8.89. The van der Waals surface area contributed by atoms with E-state index in [9.17, 15) is 9.59 Å². The second-order valence-corrected chi connectivity index (χ2v) is 10.4. The van der Waals surface area contributed by atoms with E-state index in [4.69, 9.17) is 9.47 Å². The Labute approximate surface area is 162 Å². The van der Waals surface area contributed by atoms with Crippen molar-refractivity contribution < 1.29 is 19.1 Å². The lowest BCUT2D eigenvalue weighted by Crippen LogP contribution is -2.43. The summed E-state index contributed by atoms with van der Waals surface area (Å²) in [6, 6.07) is 0. The molecule has 8 atom stereocenters. The summed E-state index contributed by atoms with van der Waals surface area (Å²) in [5.41, 5.74) is -0.232. The van der Waals surface area contributed by atoms with Gasteiger partial charge in [0.15, 0.2) is 0 Å². The average Bonchev–Trinajstić information content (AvgIpc) is 3.39. The lowest BCUT2D eigenvalue weighted by Gasteiger charge is -2.41. The zero-order valence-corrected chi connectivity index (χ0v) is 16.8. The Morgan fingerprint density at radius 2 is 1.63 bits per heavy atom. The van der Waals surface area contributed by atoms with Gasteiger partial charge in [-0.05, 0) is 93.8 Å². The zero-order valence-electron chi connectivity index (χ0n) is 16.8. The van der Waals surface area contributed by atoms with Crippen molar-refractivity contribution in [3.63, 3.8) is 0 Å².